The van der Waals surface area contributed by atoms with Gasteiger partial charge >= 0.3 is 6.18 Å². The van der Waals surface area contributed by atoms with Crippen molar-refractivity contribution in [3.05, 3.63) is 50.4 Å². The standard InChI is InChI=1S/C11H7BrF3NOS/c12-7-4-2-1-3-6(7)9(17)8-5-16-10(18-8)11(13,14)15/h1-5,9,17H. The minimum absolute atomic E-state index is 0.161. The Hall–Kier alpha value is -0.920. The van der Waals surface area contributed by atoms with Crippen LogP contribution in [0, 0.1) is 0 Å². The minimum Gasteiger partial charge on any atom is -0.383 e. The number of hydrogen-bond acceptors (Lipinski definition) is 3. The first-order chi connectivity index (χ1) is 8.39. The maximum absolute atomic E-state index is 12.4. The summed E-state index contributed by atoms with van der Waals surface area (Å²) in [6, 6.07) is 6.81. The van der Waals surface area contributed by atoms with Gasteiger partial charge in [0.05, 0.1) is 4.88 Å². The van der Waals surface area contributed by atoms with Gasteiger partial charge in [-0.1, -0.05) is 34.1 Å². The zero-order valence-electron chi connectivity index (χ0n) is 8.78. The minimum atomic E-state index is -4.48. The summed E-state index contributed by atoms with van der Waals surface area (Å²) in [6.45, 7) is 0. The molecular formula is C11H7BrF3NOS. The Morgan fingerprint density at radius 2 is 1.94 bits per heavy atom. The van der Waals surface area contributed by atoms with Crippen LogP contribution in [0.4, 0.5) is 13.2 Å². The molecule has 0 bridgehead atoms. The van der Waals surface area contributed by atoms with Crippen molar-refractivity contribution >= 4 is 27.3 Å². The molecule has 18 heavy (non-hydrogen) atoms. The number of thiazole rings is 1. The number of aromatic nitrogens is 1. The van der Waals surface area contributed by atoms with Crippen molar-refractivity contribution < 1.29 is 18.3 Å². The van der Waals surface area contributed by atoms with E-state index >= 15 is 0 Å². The lowest BCUT2D eigenvalue weighted by Gasteiger charge is -2.10. The Balaban J connectivity index is 2.33. The third-order valence-corrected chi connectivity index (χ3v) is 4.05. The lowest BCUT2D eigenvalue weighted by Crippen LogP contribution is -2.03. The van der Waals surface area contributed by atoms with Gasteiger partial charge in [0.15, 0.2) is 5.01 Å². The molecule has 1 aromatic carbocycles. The van der Waals surface area contributed by atoms with Crippen LogP contribution in [0.2, 0.25) is 0 Å². The first kappa shape index (κ1) is 13.5. The molecular weight excluding hydrogens is 331 g/mol. The smallest absolute Gasteiger partial charge is 0.383 e. The van der Waals surface area contributed by atoms with E-state index in [1.54, 1.807) is 24.3 Å². The molecule has 1 atom stereocenters. The third kappa shape index (κ3) is 2.73. The normalized spacial score (nSPS) is 13.6. The highest BCUT2D eigenvalue weighted by atomic mass is 79.9. The molecule has 1 heterocycles. The summed E-state index contributed by atoms with van der Waals surface area (Å²) in [5, 5.41) is 9.07. The topological polar surface area (TPSA) is 33.1 Å². The SMILES string of the molecule is OC(c1cnc(C(F)(F)F)s1)c1ccccc1Br. The monoisotopic (exact) mass is 337 g/mol. The highest BCUT2D eigenvalue weighted by molar-refractivity contribution is 9.10. The highest BCUT2D eigenvalue weighted by Crippen LogP contribution is 2.37. The second-order valence-corrected chi connectivity index (χ2v) is 5.41. The van der Waals surface area contributed by atoms with Crippen molar-refractivity contribution in [2.45, 2.75) is 12.3 Å². The predicted molar refractivity (Wildman–Crippen MR) is 65.3 cm³/mol. The van der Waals surface area contributed by atoms with E-state index in [4.69, 9.17) is 0 Å². The van der Waals surface area contributed by atoms with E-state index in [1.165, 1.54) is 0 Å². The van der Waals surface area contributed by atoms with Gasteiger partial charge in [0.2, 0.25) is 0 Å². The van der Waals surface area contributed by atoms with E-state index in [-0.39, 0.29) is 4.88 Å². The van der Waals surface area contributed by atoms with E-state index in [0.717, 1.165) is 6.20 Å². The summed E-state index contributed by atoms with van der Waals surface area (Å²) >= 11 is 3.69. The molecule has 2 aromatic rings. The molecule has 0 amide bonds. The highest BCUT2D eigenvalue weighted by Gasteiger charge is 2.35. The average Bonchev–Trinajstić information content (AvgIpc) is 2.77. The second-order valence-electron chi connectivity index (χ2n) is 3.49. The predicted octanol–water partition coefficient (Wildman–Crippen LogP) is 4.01. The molecule has 0 aliphatic heterocycles. The summed E-state index contributed by atoms with van der Waals surface area (Å²) in [5.74, 6) is 0. The first-order valence-electron chi connectivity index (χ1n) is 4.85. The van der Waals surface area contributed by atoms with Crippen molar-refractivity contribution in [1.82, 2.24) is 4.98 Å². The van der Waals surface area contributed by atoms with E-state index in [2.05, 4.69) is 20.9 Å². The Labute approximate surface area is 113 Å². The van der Waals surface area contributed by atoms with Crippen LogP contribution in [0.25, 0.3) is 0 Å². The van der Waals surface area contributed by atoms with E-state index in [1.807, 2.05) is 0 Å². The molecule has 1 unspecified atom stereocenters. The molecule has 1 N–H and O–H groups in total. The van der Waals surface area contributed by atoms with Crippen molar-refractivity contribution in [3.8, 4) is 0 Å². The van der Waals surface area contributed by atoms with Crippen LogP contribution >= 0.6 is 27.3 Å². The number of halogens is 4. The van der Waals surface area contributed by atoms with Crippen molar-refractivity contribution in [2.75, 3.05) is 0 Å². The molecule has 1 aromatic heterocycles. The van der Waals surface area contributed by atoms with Gasteiger partial charge in [-0.3, -0.25) is 0 Å². The summed E-state index contributed by atoms with van der Waals surface area (Å²) in [6.07, 6.45) is -4.54. The zero-order valence-corrected chi connectivity index (χ0v) is 11.2. The fourth-order valence-electron chi connectivity index (χ4n) is 1.39. The van der Waals surface area contributed by atoms with Crippen LogP contribution < -0.4 is 0 Å². The van der Waals surface area contributed by atoms with Gasteiger partial charge in [-0.25, -0.2) is 4.98 Å². The maximum atomic E-state index is 12.4. The van der Waals surface area contributed by atoms with Crippen LogP contribution in [0.3, 0.4) is 0 Å². The molecule has 2 nitrogen and oxygen atoms in total. The fraction of sp³-hybridized carbons (Fsp3) is 0.182. The third-order valence-electron chi connectivity index (χ3n) is 2.24. The summed E-state index contributed by atoms with van der Waals surface area (Å²) in [5.41, 5.74) is 0.509. The van der Waals surface area contributed by atoms with E-state index in [0.29, 0.717) is 21.4 Å². The number of aliphatic hydroxyl groups is 1. The molecule has 0 saturated carbocycles. The summed E-state index contributed by atoms with van der Waals surface area (Å²) in [4.78, 5) is 3.44. The van der Waals surface area contributed by atoms with Gasteiger partial charge in [-0.2, -0.15) is 13.2 Å². The molecule has 0 fully saturated rings. The van der Waals surface area contributed by atoms with Gasteiger partial charge in [0, 0.05) is 10.7 Å². The first-order valence-corrected chi connectivity index (χ1v) is 6.46. The summed E-state index contributed by atoms with van der Waals surface area (Å²) < 4.78 is 37.8. The fourth-order valence-corrected chi connectivity index (χ4v) is 2.68. The number of alkyl halides is 3. The van der Waals surface area contributed by atoms with E-state index in [9.17, 15) is 18.3 Å². The zero-order chi connectivity index (χ0) is 13.3. The van der Waals surface area contributed by atoms with Crippen LogP contribution in [-0.2, 0) is 6.18 Å². The van der Waals surface area contributed by atoms with Crippen molar-refractivity contribution in [1.29, 1.82) is 0 Å². The van der Waals surface area contributed by atoms with Crippen LogP contribution in [0.5, 0.6) is 0 Å². The van der Waals surface area contributed by atoms with Gasteiger partial charge < -0.3 is 5.11 Å². The summed E-state index contributed by atoms with van der Waals surface area (Å²) in [7, 11) is 0. The van der Waals surface area contributed by atoms with Crippen LogP contribution in [-0.4, -0.2) is 10.1 Å². The molecule has 0 saturated heterocycles. The number of benzene rings is 1. The molecule has 7 heteroatoms. The maximum Gasteiger partial charge on any atom is 0.443 e. The van der Waals surface area contributed by atoms with Crippen LogP contribution in [0.1, 0.15) is 21.6 Å². The molecule has 0 aliphatic rings. The second kappa shape index (κ2) is 4.99. The quantitative estimate of drug-likeness (QED) is 0.898. The van der Waals surface area contributed by atoms with Crippen molar-refractivity contribution in [2.24, 2.45) is 0 Å². The van der Waals surface area contributed by atoms with Gasteiger partial charge in [0.1, 0.15) is 6.10 Å². The number of nitrogens with zero attached hydrogens (tertiary/aromatic N) is 1. The molecule has 96 valence electrons. The number of rotatable bonds is 2. The Kier molecular flexibility index (Phi) is 3.74. The molecule has 2 rings (SSSR count). The molecule has 0 spiro atoms. The average molecular weight is 338 g/mol. The van der Waals surface area contributed by atoms with Crippen molar-refractivity contribution in [3.63, 3.8) is 0 Å². The van der Waals surface area contributed by atoms with Crippen LogP contribution in [0.15, 0.2) is 34.9 Å². The Morgan fingerprint density at radius 1 is 1.28 bits per heavy atom. The van der Waals surface area contributed by atoms with Gasteiger partial charge in [-0.15, -0.1) is 11.3 Å². The van der Waals surface area contributed by atoms with Gasteiger partial charge in [-0.05, 0) is 11.6 Å². The Bertz CT molecular complexity index is 555. The number of hydrogen-bond donors (Lipinski definition) is 1. The van der Waals surface area contributed by atoms with E-state index < -0.39 is 17.3 Å². The lowest BCUT2D eigenvalue weighted by atomic mass is 10.1. The lowest BCUT2D eigenvalue weighted by molar-refractivity contribution is -0.137. The Morgan fingerprint density at radius 3 is 2.50 bits per heavy atom. The van der Waals surface area contributed by atoms with Gasteiger partial charge in [0.25, 0.3) is 0 Å². The molecule has 0 aliphatic carbocycles. The molecule has 0 radical (unpaired) electrons. The largest absolute Gasteiger partial charge is 0.443 e. The number of aliphatic hydroxyl groups excluding tert-OH is 1.